The van der Waals surface area contributed by atoms with Crippen molar-refractivity contribution in [1.82, 2.24) is 14.6 Å². The van der Waals surface area contributed by atoms with Gasteiger partial charge in [-0.3, -0.25) is 4.40 Å². The van der Waals surface area contributed by atoms with Crippen molar-refractivity contribution in [2.75, 3.05) is 0 Å². The number of hydrogen-bond donors (Lipinski definition) is 1. The van der Waals surface area contributed by atoms with Gasteiger partial charge in [0.05, 0.1) is 0 Å². The van der Waals surface area contributed by atoms with Crippen LogP contribution in [0, 0.1) is 6.92 Å². The molecule has 0 fully saturated rings. The predicted molar refractivity (Wildman–Crippen MR) is 53.3 cm³/mol. The van der Waals surface area contributed by atoms with Gasteiger partial charge in [-0.25, -0.2) is 0 Å². The smallest absolute Gasteiger partial charge is 0.161 e. The maximum Gasteiger partial charge on any atom is 0.161 e. The van der Waals surface area contributed by atoms with Crippen molar-refractivity contribution in [2.24, 2.45) is 5.73 Å². The zero-order chi connectivity index (χ0) is 9.42. The molecule has 2 rings (SSSR count). The molecule has 0 amide bonds. The van der Waals surface area contributed by atoms with E-state index in [1.807, 2.05) is 23.6 Å². The molecular formula is C8H9BrN4. The summed E-state index contributed by atoms with van der Waals surface area (Å²) in [5.41, 5.74) is 7.44. The van der Waals surface area contributed by atoms with Crippen LogP contribution in [0.5, 0.6) is 0 Å². The highest BCUT2D eigenvalue weighted by Gasteiger charge is 2.04. The first-order valence-electron chi connectivity index (χ1n) is 3.92. The lowest BCUT2D eigenvalue weighted by molar-refractivity contribution is 0.993. The number of aryl methyl sites for hydroxylation is 1. The molecule has 0 unspecified atom stereocenters. The number of rotatable bonds is 1. The minimum atomic E-state index is 0.503. The standard InChI is InChI=1S/C8H9BrN4/c1-5-11-12-8-2-6(3-10)7(9)4-13(5)8/h2,4H,3,10H2,1H3. The quantitative estimate of drug-likeness (QED) is 0.817. The van der Waals surface area contributed by atoms with Gasteiger partial charge in [0.2, 0.25) is 0 Å². The summed E-state index contributed by atoms with van der Waals surface area (Å²) in [4.78, 5) is 0. The number of aromatic nitrogens is 3. The summed E-state index contributed by atoms with van der Waals surface area (Å²) in [7, 11) is 0. The van der Waals surface area contributed by atoms with Crippen LogP contribution in [0.1, 0.15) is 11.4 Å². The summed E-state index contributed by atoms with van der Waals surface area (Å²) in [5, 5.41) is 7.97. The van der Waals surface area contributed by atoms with E-state index in [0.717, 1.165) is 21.5 Å². The lowest BCUT2D eigenvalue weighted by Gasteiger charge is -2.01. The Hall–Kier alpha value is -0.940. The Balaban J connectivity index is 2.76. The van der Waals surface area contributed by atoms with Gasteiger partial charge in [-0.1, -0.05) is 0 Å². The SMILES string of the molecule is Cc1nnc2cc(CN)c(Br)cn12. The van der Waals surface area contributed by atoms with Crippen molar-refractivity contribution in [1.29, 1.82) is 0 Å². The van der Waals surface area contributed by atoms with Gasteiger partial charge in [-0.05, 0) is 34.5 Å². The molecule has 0 radical (unpaired) electrons. The first-order valence-corrected chi connectivity index (χ1v) is 4.71. The van der Waals surface area contributed by atoms with Crippen LogP contribution in [0.3, 0.4) is 0 Å². The molecule has 0 aromatic carbocycles. The van der Waals surface area contributed by atoms with E-state index in [9.17, 15) is 0 Å². The molecule has 0 aliphatic carbocycles. The summed E-state index contributed by atoms with van der Waals surface area (Å²) in [5.74, 6) is 0.874. The topological polar surface area (TPSA) is 56.2 Å². The third-order valence-electron chi connectivity index (χ3n) is 1.97. The summed E-state index contributed by atoms with van der Waals surface area (Å²) in [6.07, 6.45) is 1.94. The van der Waals surface area contributed by atoms with Crippen LogP contribution >= 0.6 is 15.9 Å². The Morgan fingerprint density at radius 2 is 2.31 bits per heavy atom. The molecule has 0 saturated heterocycles. The van der Waals surface area contributed by atoms with Crippen LogP contribution in [-0.2, 0) is 6.54 Å². The van der Waals surface area contributed by atoms with E-state index in [1.165, 1.54) is 0 Å². The van der Waals surface area contributed by atoms with Crippen molar-refractivity contribution in [3.8, 4) is 0 Å². The van der Waals surface area contributed by atoms with Crippen molar-refractivity contribution in [3.63, 3.8) is 0 Å². The molecule has 2 aromatic heterocycles. The highest BCUT2D eigenvalue weighted by atomic mass is 79.9. The molecule has 5 heteroatoms. The highest BCUT2D eigenvalue weighted by Crippen LogP contribution is 2.18. The van der Waals surface area contributed by atoms with E-state index in [-0.39, 0.29) is 0 Å². The number of pyridine rings is 1. The van der Waals surface area contributed by atoms with E-state index in [1.54, 1.807) is 0 Å². The van der Waals surface area contributed by atoms with E-state index in [2.05, 4.69) is 26.1 Å². The number of halogens is 1. The highest BCUT2D eigenvalue weighted by molar-refractivity contribution is 9.10. The summed E-state index contributed by atoms with van der Waals surface area (Å²) >= 11 is 3.44. The normalized spacial score (nSPS) is 11.0. The maximum atomic E-state index is 5.56. The summed E-state index contributed by atoms with van der Waals surface area (Å²) in [6.45, 7) is 2.41. The molecule has 0 saturated carbocycles. The van der Waals surface area contributed by atoms with Gasteiger partial charge in [0.1, 0.15) is 5.82 Å². The van der Waals surface area contributed by atoms with Gasteiger partial charge in [-0.2, -0.15) is 0 Å². The Bertz CT molecular complexity index is 449. The zero-order valence-electron chi connectivity index (χ0n) is 7.16. The van der Waals surface area contributed by atoms with Gasteiger partial charge in [0.25, 0.3) is 0 Å². The molecule has 0 spiro atoms. The third-order valence-corrected chi connectivity index (χ3v) is 2.68. The molecule has 0 bridgehead atoms. The molecule has 2 heterocycles. The molecule has 2 aromatic rings. The Labute approximate surface area is 83.9 Å². The van der Waals surface area contributed by atoms with Crippen molar-refractivity contribution >= 4 is 21.6 Å². The molecule has 0 atom stereocenters. The minimum absolute atomic E-state index is 0.503. The molecule has 13 heavy (non-hydrogen) atoms. The molecule has 2 N–H and O–H groups in total. The molecule has 68 valence electrons. The number of nitrogens with zero attached hydrogens (tertiary/aromatic N) is 3. The van der Waals surface area contributed by atoms with E-state index < -0.39 is 0 Å². The van der Waals surface area contributed by atoms with Crippen LogP contribution in [0.2, 0.25) is 0 Å². The third kappa shape index (κ3) is 1.34. The molecule has 0 aliphatic heterocycles. The van der Waals surface area contributed by atoms with Gasteiger partial charge in [-0.15, -0.1) is 10.2 Å². The monoisotopic (exact) mass is 240 g/mol. The average molecular weight is 241 g/mol. The second-order valence-electron chi connectivity index (χ2n) is 2.83. The fourth-order valence-corrected chi connectivity index (χ4v) is 1.70. The molecule has 4 nitrogen and oxygen atoms in total. The van der Waals surface area contributed by atoms with E-state index in [4.69, 9.17) is 5.73 Å². The fourth-order valence-electron chi connectivity index (χ4n) is 1.22. The lowest BCUT2D eigenvalue weighted by Crippen LogP contribution is -1.99. The van der Waals surface area contributed by atoms with Crippen LogP contribution in [-0.4, -0.2) is 14.6 Å². The Morgan fingerprint density at radius 3 is 3.00 bits per heavy atom. The number of fused-ring (bicyclic) bond motifs is 1. The minimum Gasteiger partial charge on any atom is -0.326 e. The van der Waals surface area contributed by atoms with E-state index >= 15 is 0 Å². The first-order chi connectivity index (χ1) is 6.22. The number of nitrogens with two attached hydrogens (primary N) is 1. The van der Waals surface area contributed by atoms with Crippen LogP contribution in [0.15, 0.2) is 16.7 Å². The molecular weight excluding hydrogens is 232 g/mol. The van der Waals surface area contributed by atoms with Crippen molar-refractivity contribution < 1.29 is 0 Å². The van der Waals surface area contributed by atoms with Gasteiger partial charge >= 0.3 is 0 Å². The second kappa shape index (κ2) is 3.08. The van der Waals surface area contributed by atoms with Crippen molar-refractivity contribution in [2.45, 2.75) is 13.5 Å². The van der Waals surface area contributed by atoms with Crippen LogP contribution in [0.4, 0.5) is 0 Å². The van der Waals surface area contributed by atoms with Gasteiger partial charge in [0.15, 0.2) is 5.65 Å². The first kappa shape index (κ1) is 8.65. The largest absolute Gasteiger partial charge is 0.326 e. The maximum absolute atomic E-state index is 5.56. The average Bonchev–Trinajstić information content (AvgIpc) is 2.47. The van der Waals surface area contributed by atoms with E-state index in [0.29, 0.717) is 6.54 Å². The summed E-state index contributed by atoms with van der Waals surface area (Å²) in [6, 6.07) is 1.93. The Kier molecular flexibility index (Phi) is 2.05. The van der Waals surface area contributed by atoms with Crippen LogP contribution in [0.25, 0.3) is 5.65 Å². The van der Waals surface area contributed by atoms with Crippen molar-refractivity contribution in [3.05, 3.63) is 28.1 Å². The zero-order valence-corrected chi connectivity index (χ0v) is 8.74. The van der Waals surface area contributed by atoms with Crippen LogP contribution < -0.4 is 5.73 Å². The van der Waals surface area contributed by atoms with Gasteiger partial charge in [0, 0.05) is 17.2 Å². The van der Waals surface area contributed by atoms with Gasteiger partial charge < -0.3 is 5.73 Å². The summed E-state index contributed by atoms with van der Waals surface area (Å²) < 4.78 is 2.91. The molecule has 0 aliphatic rings. The number of hydrogen-bond acceptors (Lipinski definition) is 3. The second-order valence-corrected chi connectivity index (χ2v) is 3.68. The predicted octanol–water partition coefficient (Wildman–Crippen LogP) is 1.26. The fraction of sp³-hybridized carbons (Fsp3) is 0.250. The lowest BCUT2D eigenvalue weighted by atomic mass is 10.3. The Morgan fingerprint density at radius 1 is 1.54 bits per heavy atom.